The van der Waals surface area contributed by atoms with Gasteiger partial charge in [0.2, 0.25) is 11.9 Å². The molecule has 25 heavy (non-hydrogen) atoms. The van der Waals surface area contributed by atoms with Crippen molar-refractivity contribution in [1.29, 1.82) is 0 Å². The van der Waals surface area contributed by atoms with Crippen molar-refractivity contribution in [2.75, 3.05) is 24.5 Å². The molecule has 1 aliphatic carbocycles. The summed E-state index contributed by atoms with van der Waals surface area (Å²) in [7, 11) is 0. The summed E-state index contributed by atoms with van der Waals surface area (Å²) in [6, 6.07) is 1.97. The lowest BCUT2D eigenvalue weighted by Crippen LogP contribution is -2.50. The Balaban J connectivity index is 1.49. The molecule has 136 valence electrons. The Bertz CT molecular complexity index is 650. The van der Waals surface area contributed by atoms with Crippen LogP contribution in [0.25, 0.3) is 0 Å². The fourth-order valence-electron chi connectivity index (χ4n) is 4.73. The van der Waals surface area contributed by atoms with Crippen LogP contribution in [0, 0.1) is 5.41 Å². The van der Waals surface area contributed by atoms with Crippen LogP contribution in [0.1, 0.15) is 44.9 Å². The molecule has 3 aliphatic rings. The summed E-state index contributed by atoms with van der Waals surface area (Å²) >= 11 is 6.01. The fraction of sp³-hybridized carbons (Fsp3) is 0.722. The van der Waals surface area contributed by atoms with Crippen molar-refractivity contribution in [1.82, 2.24) is 14.9 Å². The number of hydrogen-bond acceptors (Lipinski definition) is 5. The lowest BCUT2D eigenvalue weighted by atomic mass is 9.78. The topological polar surface area (TPSA) is 69.6 Å². The molecule has 7 heteroatoms. The van der Waals surface area contributed by atoms with Crippen LogP contribution in [0.2, 0.25) is 5.15 Å². The zero-order chi connectivity index (χ0) is 17.4. The summed E-state index contributed by atoms with van der Waals surface area (Å²) in [5, 5.41) is 10.2. The van der Waals surface area contributed by atoms with Crippen molar-refractivity contribution >= 4 is 23.5 Å². The minimum Gasteiger partial charge on any atom is -0.393 e. The highest BCUT2D eigenvalue weighted by molar-refractivity contribution is 6.29. The molecule has 1 amide bonds. The summed E-state index contributed by atoms with van der Waals surface area (Å²) in [6.45, 7) is 2.38. The third kappa shape index (κ3) is 3.22. The van der Waals surface area contributed by atoms with E-state index in [1.807, 2.05) is 0 Å². The second-order valence-corrected chi connectivity index (χ2v) is 8.08. The first-order chi connectivity index (χ1) is 12.1. The maximum Gasteiger partial charge on any atom is 0.230 e. The molecule has 4 rings (SSSR count). The van der Waals surface area contributed by atoms with Crippen LogP contribution in [0.4, 0.5) is 5.95 Å². The van der Waals surface area contributed by atoms with Crippen LogP contribution in [0.5, 0.6) is 0 Å². The van der Waals surface area contributed by atoms with Crippen LogP contribution in [0.3, 0.4) is 0 Å². The number of nitrogens with zero attached hydrogens (tertiary/aromatic N) is 4. The highest BCUT2D eigenvalue weighted by Crippen LogP contribution is 2.43. The van der Waals surface area contributed by atoms with Crippen LogP contribution < -0.4 is 4.90 Å². The SMILES string of the molecule is O=C1N([C@H]2CC[C@H](O)CC2)CCC12CCCN(c1nccc(Cl)n1)C2. The Morgan fingerprint density at radius 2 is 2.00 bits per heavy atom. The predicted molar refractivity (Wildman–Crippen MR) is 95.5 cm³/mol. The zero-order valence-electron chi connectivity index (χ0n) is 14.4. The first-order valence-electron chi connectivity index (χ1n) is 9.30. The smallest absolute Gasteiger partial charge is 0.230 e. The van der Waals surface area contributed by atoms with Gasteiger partial charge < -0.3 is 14.9 Å². The van der Waals surface area contributed by atoms with Crippen molar-refractivity contribution in [3.63, 3.8) is 0 Å². The molecule has 2 saturated heterocycles. The molecule has 3 fully saturated rings. The monoisotopic (exact) mass is 364 g/mol. The number of carbonyl (C=O) groups excluding carboxylic acids is 1. The van der Waals surface area contributed by atoms with E-state index in [4.69, 9.17) is 11.6 Å². The van der Waals surface area contributed by atoms with Gasteiger partial charge >= 0.3 is 0 Å². The molecule has 1 saturated carbocycles. The van der Waals surface area contributed by atoms with E-state index in [0.717, 1.165) is 58.0 Å². The van der Waals surface area contributed by atoms with Gasteiger partial charge in [0.15, 0.2) is 0 Å². The average Bonchev–Trinajstić information content (AvgIpc) is 2.92. The Morgan fingerprint density at radius 1 is 1.20 bits per heavy atom. The molecule has 6 nitrogen and oxygen atoms in total. The molecule has 1 aromatic rings. The van der Waals surface area contributed by atoms with Crippen molar-refractivity contribution < 1.29 is 9.90 Å². The van der Waals surface area contributed by atoms with Gasteiger partial charge in [-0.1, -0.05) is 11.6 Å². The van der Waals surface area contributed by atoms with Gasteiger partial charge in [-0.15, -0.1) is 0 Å². The van der Waals surface area contributed by atoms with Crippen molar-refractivity contribution in [2.24, 2.45) is 5.41 Å². The third-order valence-corrected chi connectivity index (χ3v) is 6.33. The lowest BCUT2D eigenvalue weighted by molar-refractivity contribution is -0.139. The van der Waals surface area contributed by atoms with Crippen molar-refractivity contribution in [2.45, 2.75) is 57.1 Å². The van der Waals surface area contributed by atoms with Crippen LogP contribution in [0.15, 0.2) is 12.3 Å². The Hall–Kier alpha value is -1.40. The molecule has 1 unspecified atom stereocenters. The second-order valence-electron chi connectivity index (χ2n) is 7.70. The van der Waals surface area contributed by atoms with Gasteiger partial charge in [0, 0.05) is 31.9 Å². The molecule has 0 bridgehead atoms. The highest BCUT2D eigenvalue weighted by Gasteiger charge is 2.50. The zero-order valence-corrected chi connectivity index (χ0v) is 15.2. The molecule has 0 radical (unpaired) electrons. The van der Waals surface area contributed by atoms with Gasteiger partial charge in [-0.3, -0.25) is 4.79 Å². The number of anilines is 1. The summed E-state index contributed by atoms with van der Waals surface area (Å²) in [6.07, 6.45) is 7.76. The average molecular weight is 365 g/mol. The van der Waals surface area contributed by atoms with Crippen LogP contribution >= 0.6 is 11.6 Å². The van der Waals surface area contributed by atoms with Gasteiger partial charge in [0.1, 0.15) is 5.15 Å². The van der Waals surface area contributed by atoms with Crippen molar-refractivity contribution in [3.05, 3.63) is 17.4 Å². The summed E-state index contributed by atoms with van der Waals surface area (Å²) < 4.78 is 0. The van der Waals surface area contributed by atoms with E-state index in [-0.39, 0.29) is 11.5 Å². The standard InChI is InChI=1S/C18H25ClN4O2/c19-15-6-9-20-17(21-15)22-10-1-7-18(12-22)8-11-23(16(18)25)13-2-4-14(24)5-3-13/h6,9,13-14,24H,1-5,7-8,10-12H2/t13-,14-,18?. The molecule has 1 aromatic heterocycles. The molecular weight excluding hydrogens is 340 g/mol. The van der Waals surface area contributed by atoms with E-state index in [9.17, 15) is 9.90 Å². The summed E-state index contributed by atoms with van der Waals surface area (Å²) in [5.41, 5.74) is -0.306. The van der Waals surface area contributed by atoms with Gasteiger partial charge in [0.25, 0.3) is 0 Å². The first-order valence-corrected chi connectivity index (χ1v) is 9.68. The Kier molecular flexibility index (Phi) is 4.58. The number of halogens is 1. The van der Waals surface area contributed by atoms with E-state index in [1.54, 1.807) is 12.3 Å². The van der Waals surface area contributed by atoms with E-state index < -0.39 is 0 Å². The number of hydrogen-bond donors (Lipinski definition) is 1. The van der Waals surface area contributed by atoms with Gasteiger partial charge in [0.05, 0.1) is 11.5 Å². The molecule has 3 heterocycles. The van der Waals surface area contributed by atoms with E-state index in [2.05, 4.69) is 19.8 Å². The van der Waals surface area contributed by atoms with E-state index in [1.165, 1.54) is 0 Å². The number of aliphatic hydroxyl groups excluding tert-OH is 1. The Morgan fingerprint density at radius 3 is 2.76 bits per heavy atom. The maximum absolute atomic E-state index is 13.3. The number of likely N-dealkylation sites (tertiary alicyclic amines) is 1. The number of carbonyl (C=O) groups is 1. The summed E-state index contributed by atoms with van der Waals surface area (Å²) in [5.74, 6) is 0.916. The fourth-order valence-corrected chi connectivity index (χ4v) is 4.86. The van der Waals surface area contributed by atoms with Crippen molar-refractivity contribution in [3.8, 4) is 0 Å². The van der Waals surface area contributed by atoms with E-state index in [0.29, 0.717) is 29.6 Å². The lowest BCUT2D eigenvalue weighted by Gasteiger charge is -2.40. The number of rotatable bonds is 2. The third-order valence-electron chi connectivity index (χ3n) is 6.12. The minimum absolute atomic E-state index is 0.187. The van der Waals surface area contributed by atoms with Crippen LogP contribution in [-0.4, -0.2) is 57.7 Å². The largest absolute Gasteiger partial charge is 0.393 e. The molecule has 2 aliphatic heterocycles. The number of amides is 1. The predicted octanol–water partition coefficient (Wildman–Crippen LogP) is 2.25. The minimum atomic E-state index is -0.306. The molecule has 1 atom stereocenters. The quantitative estimate of drug-likeness (QED) is 0.815. The normalized spacial score (nSPS) is 33.3. The summed E-state index contributed by atoms with van der Waals surface area (Å²) in [4.78, 5) is 26.1. The molecular formula is C18H25ClN4O2. The molecule has 0 aromatic carbocycles. The number of piperidine rings is 1. The Labute approximate surface area is 153 Å². The van der Waals surface area contributed by atoms with Gasteiger partial charge in [-0.2, -0.15) is 0 Å². The maximum atomic E-state index is 13.3. The molecule has 1 N–H and O–H groups in total. The second kappa shape index (κ2) is 6.72. The van der Waals surface area contributed by atoms with Gasteiger partial charge in [-0.05, 0) is 51.0 Å². The first kappa shape index (κ1) is 17.0. The van der Waals surface area contributed by atoms with E-state index >= 15 is 0 Å². The number of aliphatic hydroxyl groups is 1. The van der Waals surface area contributed by atoms with Gasteiger partial charge in [-0.25, -0.2) is 9.97 Å². The number of aromatic nitrogens is 2. The highest BCUT2D eigenvalue weighted by atomic mass is 35.5. The van der Waals surface area contributed by atoms with Crippen LogP contribution in [-0.2, 0) is 4.79 Å². The molecule has 1 spiro atoms.